The fraction of sp³-hybridized carbons (Fsp3) is 0.364. The smallest absolute Gasteiger partial charge is 0.253 e. The molecule has 142 valence electrons. The summed E-state index contributed by atoms with van der Waals surface area (Å²) in [4.78, 5) is 26.8. The number of likely N-dealkylation sites (tertiary alicyclic amines) is 1. The fourth-order valence-electron chi connectivity index (χ4n) is 3.50. The summed E-state index contributed by atoms with van der Waals surface area (Å²) in [6.07, 6.45) is 3.19. The molecule has 3 rings (SSSR count). The monoisotopic (exact) mass is 368 g/mol. The Morgan fingerprint density at radius 3 is 2.48 bits per heavy atom. The van der Waals surface area contributed by atoms with Crippen molar-refractivity contribution in [1.82, 2.24) is 4.90 Å². The van der Waals surface area contributed by atoms with E-state index in [4.69, 9.17) is 0 Å². The summed E-state index contributed by atoms with van der Waals surface area (Å²) in [5.41, 5.74) is 2.17. The van der Waals surface area contributed by atoms with Gasteiger partial charge < -0.3 is 10.2 Å². The van der Waals surface area contributed by atoms with Gasteiger partial charge in [0.15, 0.2) is 0 Å². The maximum atomic E-state index is 13.1. The second kappa shape index (κ2) is 8.80. The average molecular weight is 368 g/mol. The lowest BCUT2D eigenvalue weighted by Crippen LogP contribution is -2.27. The Labute approximate surface area is 159 Å². The normalized spacial score (nSPS) is 14.8. The molecular weight excluding hydrogens is 343 g/mol. The van der Waals surface area contributed by atoms with Crippen LogP contribution < -0.4 is 5.32 Å². The zero-order valence-corrected chi connectivity index (χ0v) is 15.6. The number of nitrogens with zero attached hydrogens (tertiary/aromatic N) is 1. The van der Waals surface area contributed by atoms with Gasteiger partial charge in [-0.2, -0.15) is 0 Å². The first kappa shape index (κ1) is 19.1. The van der Waals surface area contributed by atoms with Crippen molar-refractivity contribution >= 4 is 17.5 Å². The maximum absolute atomic E-state index is 13.1. The number of amides is 2. The number of halogens is 1. The van der Waals surface area contributed by atoms with Crippen molar-refractivity contribution in [3.63, 3.8) is 0 Å². The lowest BCUT2D eigenvalue weighted by atomic mass is 9.93. The molecule has 4 nitrogen and oxygen atoms in total. The summed E-state index contributed by atoms with van der Waals surface area (Å²) in [6, 6.07) is 13.4. The van der Waals surface area contributed by atoms with Crippen molar-refractivity contribution < 1.29 is 14.0 Å². The molecule has 1 aliphatic rings. The SMILES string of the molecule is CCC(CC(=O)Nc1cccc(C(=O)N2CCCC2)c1)c1ccc(F)cc1. The molecule has 2 aromatic rings. The summed E-state index contributed by atoms with van der Waals surface area (Å²) in [7, 11) is 0. The highest BCUT2D eigenvalue weighted by atomic mass is 19.1. The van der Waals surface area contributed by atoms with Crippen molar-refractivity contribution in [1.29, 1.82) is 0 Å². The molecule has 27 heavy (non-hydrogen) atoms. The van der Waals surface area contributed by atoms with E-state index in [2.05, 4.69) is 5.32 Å². The minimum Gasteiger partial charge on any atom is -0.339 e. The largest absolute Gasteiger partial charge is 0.339 e. The molecule has 5 heteroatoms. The third-order valence-corrected chi connectivity index (χ3v) is 5.05. The number of hydrogen-bond donors (Lipinski definition) is 1. The van der Waals surface area contributed by atoms with Gasteiger partial charge in [0.05, 0.1) is 0 Å². The molecular formula is C22H25FN2O2. The molecule has 0 aromatic heterocycles. The number of carbonyl (C=O) groups excluding carboxylic acids is 2. The van der Waals surface area contributed by atoms with Crippen LogP contribution in [0.3, 0.4) is 0 Å². The summed E-state index contributed by atoms with van der Waals surface area (Å²) >= 11 is 0. The first-order valence-electron chi connectivity index (χ1n) is 9.51. The van der Waals surface area contributed by atoms with Gasteiger partial charge in [-0.25, -0.2) is 4.39 Å². The van der Waals surface area contributed by atoms with Crippen molar-refractivity contribution in [3.05, 3.63) is 65.5 Å². The van der Waals surface area contributed by atoms with Gasteiger partial charge >= 0.3 is 0 Å². The quantitative estimate of drug-likeness (QED) is 0.811. The Morgan fingerprint density at radius 1 is 1.11 bits per heavy atom. The van der Waals surface area contributed by atoms with Gasteiger partial charge in [0.2, 0.25) is 5.91 Å². The van der Waals surface area contributed by atoms with Crippen LogP contribution in [-0.4, -0.2) is 29.8 Å². The summed E-state index contributed by atoms with van der Waals surface area (Å²) in [5.74, 6) is -0.351. The molecule has 0 radical (unpaired) electrons. The molecule has 0 saturated carbocycles. The van der Waals surface area contributed by atoms with Crippen LogP contribution in [0.15, 0.2) is 48.5 Å². The minimum absolute atomic E-state index is 0.0151. The zero-order chi connectivity index (χ0) is 19.2. The lowest BCUT2D eigenvalue weighted by molar-refractivity contribution is -0.116. The molecule has 0 spiro atoms. The number of anilines is 1. The van der Waals surface area contributed by atoms with E-state index in [9.17, 15) is 14.0 Å². The van der Waals surface area contributed by atoms with Crippen LogP contribution in [0, 0.1) is 5.82 Å². The van der Waals surface area contributed by atoms with Gasteiger partial charge in [-0.05, 0) is 61.1 Å². The highest BCUT2D eigenvalue weighted by molar-refractivity contribution is 5.97. The Hall–Kier alpha value is -2.69. The zero-order valence-electron chi connectivity index (χ0n) is 15.6. The van der Waals surface area contributed by atoms with E-state index in [0.29, 0.717) is 17.7 Å². The van der Waals surface area contributed by atoms with Crippen molar-refractivity contribution in [2.45, 2.75) is 38.5 Å². The van der Waals surface area contributed by atoms with Crippen molar-refractivity contribution in [2.75, 3.05) is 18.4 Å². The summed E-state index contributed by atoms with van der Waals surface area (Å²) < 4.78 is 13.1. The van der Waals surface area contributed by atoms with Crippen molar-refractivity contribution in [3.8, 4) is 0 Å². The second-order valence-corrected chi connectivity index (χ2v) is 6.99. The van der Waals surface area contributed by atoms with Crippen LogP contribution in [0.1, 0.15) is 54.4 Å². The third kappa shape index (κ3) is 4.94. The molecule has 1 heterocycles. The standard InChI is InChI=1S/C22H25FN2O2/c1-2-16(17-8-10-19(23)11-9-17)15-21(26)24-20-7-5-6-18(14-20)22(27)25-12-3-4-13-25/h5-11,14,16H,2-4,12-13,15H2,1H3,(H,24,26). The van der Waals surface area contributed by atoms with Gasteiger partial charge in [-0.3, -0.25) is 9.59 Å². The number of hydrogen-bond acceptors (Lipinski definition) is 2. The van der Waals surface area contributed by atoms with Gasteiger partial charge in [-0.15, -0.1) is 0 Å². The number of carbonyl (C=O) groups is 2. The van der Waals surface area contributed by atoms with E-state index < -0.39 is 0 Å². The molecule has 2 amide bonds. The van der Waals surface area contributed by atoms with Crippen LogP contribution in [0.25, 0.3) is 0 Å². The number of rotatable bonds is 6. The fourth-order valence-corrected chi connectivity index (χ4v) is 3.50. The molecule has 1 N–H and O–H groups in total. The Morgan fingerprint density at radius 2 is 1.81 bits per heavy atom. The van der Waals surface area contributed by atoms with E-state index in [-0.39, 0.29) is 23.5 Å². The number of nitrogens with one attached hydrogen (secondary N) is 1. The predicted octanol–water partition coefficient (Wildman–Crippen LogP) is 4.58. The molecule has 0 bridgehead atoms. The molecule has 1 unspecified atom stereocenters. The van der Waals surface area contributed by atoms with Crippen molar-refractivity contribution in [2.24, 2.45) is 0 Å². The maximum Gasteiger partial charge on any atom is 0.253 e. The Balaban J connectivity index is 1.64. The second-order valence-electron chi connectivity index (χ2n) is 6.99. The van der Waals surface area contributed by atoms with Crippen LogP contribution in [-0.2, 0) is 4.79 Å². The van der Waals surface area contributed by atoms with Crippen LogP contribution in [0.2, 0.25) is 0 Å². The topological polar surface area (TPSA) is 49.4 Å². The Kier molecular flexibility index (Phi) is 6.22. The predicted molar refractivity (Wildman–Crippen MR) is 104 cm³/mol. The average Bonchev–Trinajstić information content (AvgIpc) is 3.21. The van der Waals surface area contributed by atoms with E-state index in [1.165, 1.54) is 12.1 Å². The van der Waals surface area contributed by atoms with E-state index in [0.717, 1.165) is 37.9 Å². The summed E-state index contributed by atoms with van der Waals surface area (Å²) in [5, 5.41) is 2.89. The van der Waals surface area contributed by atoms with Crippen LogP contribution >= 0.6 is 0 Å². The van der Waals surface area contributed by atoms with Crippen LogP contribution in [0.5, 0.6) is 0 Å². The lowest BCUT2D eigenvalue weighted by Gasteiger charge is -2.17. The Bertz CT molecular complexity index is 798. The molecule has 1 fully saturated rings. The highest BCUT2D eigenvalue weighted by Crippen LogP contribution is 2.24. The first-order chi connectivity index (χ1) is 13.1. The molecule has 1 atom stereocenters. The van der Waals surface area contributed by atoms with Gasteiger partial charge in [-0.1, -0.05) is 25.1 Å². The minimum atomic E-state index is -0.280. The van der Waals surface area contributed by atoms with Gasteiger partial charge in [0.25, 0.3) is 5.91 Å². The molecule has 1 saturated heterocycles. The van der Waals surface area contributed by atoms with Gasteiger partial charge in [0.1, 0.15) is 5.82 Å². The van der Waals surface area contributed by atoms with Crippen LogP contribution in [0.4, 0.5) is 10.1 Å². The molecule has 2 aromatic carbocycles. The first-order valence-corrected chi connectivity index (χ1v) is 9.51. The van der Waals surface area contributed by atoms with E-state index >= 15 is 0 Å². The van der Waals surface area contributed by atoms with E-state index in [1.807, 2.05) is 11.8 Å². The van der Waals surface area contributed by atoms with E-state index in [1.54, 1.807) is 36.4 Å². The molecule has 0 aliphatic carbocycles. The third-order valence-electron chi connectivity index (χ3n) is 5.05. The summed E-state index contributed by atoms with van der Waals surface area (Å²) in [6.45, 7) is 3.60. The number of benzene rings is 2. The van der Waals surface area contributed by atoms with Gasteiger partial charge in [0, 0.05) is 30.8 Å². The molecule has 1 aliphatic heterocycles. The highest BCUT2D eigenvalue weighted by Gasteiger charge is 2.20.